The summed E-state index contributed by atoms with van der Waals surface area (Å²) in [5, 5.41) is 3.23. The number of hydrogen-bond donors (Lipinski definition) is 2. The van der Waals surface area contributed by atoms with Crippen LogP contribution < -0.4 is 19.5 Å². The minimum Gasteiger partial charge on any atom is -0.369 e. The molecule has 1 heterocycles. The van der Waals surface area contributed by atoms with Gasteiger partial charge in [-0.05, 0) is 42.5 Å². The molecule has 0 aromatic heterocycles. The lowest BCUT2D eigenvalue weighted by Crippen LogP contribution is -2.43. The number of rotatable bonds is 7. The first-order valence-electron chi connectivity index (χ1n) is 10.2. The van der Waals surface area contributed by atoms with Crippen molar-refractivity contribution in [2.45, 2.75) is 9.79 Å². The van der Waals surface area contributed by atoms with Crippen molar-refractivity contribution >= 4 is 37.1 Å². The molecule has 2 N–H and O–H groups in total. The summed E-state index contributed by atoms with van der Waals surface area (Å²) in [4.78, 5) is 1.73. The van der Waals surface area contributed by atoms with E-state index in [-0.39, 0.29) is 15.5 Å². The number of nitrogens with one attached hydrogen (secondary N) is 2. The van der Waals surface area contributed by atoms with E-state index in [2.05, 4.69) is 10.0 Å². The summed E-state index contributed by atoms with van der Waals surface area (Å²) in [5.74, 6) is 0. The Balaban J connectivity index is 1.77. The molecule has 0 unspecified atom stereocenters. The Bertz CT molecular complexity index is 1320. The normalized spacial score (nSPS) is 14.6. The summed E-state index contributed by atoms with van der Waals surface area (Å²) in [6.07, 6.45) is 0. The van der Waals surface area contributed by atoms with Gasteiger partial charge >= 0.3 is 0 Å². The molecule has 0 radical (unpaired) electrons. The number of piperazine rings is 1. The second-order valence-electron chi connectivity index (χ2n) is 7.39. The molecule has 1 aliphatic heterocycles. The smallest absolute Gasteiger partial charge is 0.290 e. The van der Waals surface area contributed by atoms with Crippen molar-refractivity contribution in [1.29, 1.82) is 0 Å². The predicted octanol–water partition coefficient (Wildman–Crippen LogP) is 2.98. The van der Waals surface area contributed by atoms with Crippen LogP contribution in [0.2, 0.25) is 0 Å². The fourth-order valence-corrected chi connectivity index (χ4v) is 5.69. The number of halogens is 1. The molecular weight excluding hydrogens is 467 g/mol. The number of nitrogens with zero attached hydrogens (tertiary/aromatic N) is 2. The maximum atomic E-state index is 15.4. The Hall–Kier alpha value is -3.15. The Kier molecular flexibility index (Phi) is 6.54. The summed E-state index contributed by atoms with van der Waals surface area (Å²) < 4.78 is 69.0. The molecule has 11 heteroatoms. The highest BCUT2D eigenvalue weighted by atomic mass is 32.2. The van der Waals surface area contributed by atoms with E-state index in [1.165, 1.54) is 48.5 Å². The van der Waals surface area contributed by atoms with Crippen LogP contribution in [0.4, 0.5) is 21.5 Å². The largest absolute Gasteiger partial charge is 0.369 e. The van der Waals surface area contributed by atoms with Crippen molar-refractivity contribution in [3.05, 3.63) is 78.9 Å². The van der Waals surface area contributed by atoms with Crippen LogP contribution in [0.1, 0.15) is 0 Å². The summed E-state index contributed by atoms with van der Waals surface area (Å²) in [6.45, 7) is 2.83. The second kappa shape index (κ2) is 9.38. The SMILES string of the molecule is O=S(=O)(Nc1cc(N2CCNCC2)ccc1N(F)S(=O)(=O)c1ccccc1)c1ccccc1. The molecule has 1 saturated heterocycles. The van der Waals surface area contributed by atoms with E-state index < -0.39 is 30.3 Å². The molecule has 0 spiro atoms. The maximum absolute atomic E-state index is 15.4. The van der Waals surface area contributed by atoms with Crippen LogP contribution in [0.25, 0.3) is 0 Å². The standard InChI is InChI=1S/C22H23FN4O4S2/c23-27(33(30,31)20-9-5-2-6-10-20)22-12-11-18(26-15-13-24-14-16-26)17-21(22)25-32(28,29)19-7-3-1-4-8-19/h1-12,17,24-25H,13-16H2. The van der Waals surface area contributed by atoms with Crippen molar-refractivity contribution in [3.63, 3.8) is 0 Å². The second-order valence-corrected chi connectivity index (χ2v) is 10.8. The monoisotopic (exact) mass is 490 g/mol. The average Bonchev–Trinajstić information content (AvgIpc) is 2.85. The van der Waals surface area contributed by atoms with Crippen molar-refractivity contribution in [2.75, 3.05) is 40.3 Å². The molecule has 0 saturated carbocycles. The van der Waals surface area contributed by atoms with Gasteiger partial charge in [0.25, 0.3) is 20.0 Å². The van der Waals surface area contributed by atoms with E-state index >= 15 is 4.48 Å². The molecule has 3 aromatic rings. The molecule has 1 fully saturated rings. The van der Waals surface area contributed by atoms with E-state index in [9.17, 15) is 16.8 Å². The van der Waals surface area contributed by atoms with Gasteiger partial charge in [-0.3, -0.25) is 4.72 Å². The van der Waals surface area contributed by atoms with Gasteiger partial charge in [-0.1, -0.05) is 45.4 Å². The van der Waals surface area contributed by atoms with Crippen LogP contribution >= 0.6 is 0 Å². The van der Waals surface area contributed by atoms with Crippen molar-refractivity contribution in [3.8, 4) is 0 Å². The molecule has 0 atom stereocenters. The van der Waals surface area contributed by atoms with Gasteiger partial charge in [-0.25, -0.2) is 8.42 Å². The van der Waals surface area contributed by atoms with Gasteiger partial charge < -0.3 is 10.2 Å². The molecule has 4 rings (SSSR count). The highest BCUT2D eigenvalue weighted by Gasteiger charge is 2.29. The van der Waals surface area contributed by atoms with E-state index in [0.29, 0.717) is 18.8 Å². The number of anilines is 3. The van der Waals surface area contributed by atoms with E-state index in [1.54, 1.807) is 30.3 Å². The van der Waals surface area contributed by atoms with E-state index in [4.69, 9.17) is 0 Å². The Morgan fingerprint density at radius 1 is 0.818 bits per heavy atom. The van der Waals surface area contributed by atoms with Crippen molar-refractivity contribution in [1.82, 2.24) is 5.32 Å². The fraction of sp³-hybridized carbons (Fsp3) is 0.182. The zero-order chi connectivity index (χ0) is 23.5. The first kappa shape index (κ1) is 23.0. The summed E-state index contributed by atoms with van der Waals surface area (Å²) in [7, 11) is -8.66. The minimum absolute atomic E-state index is 0.0279. The third-order valence-electron chi connectivity index (χ3n) is 5.20. The quantitative estimate of drug-likeness (QED) is 0.494. The molecule has 33 heavy (non-hydrogen) atoms. The van der Waals surface area contributed by atoms with Gasteiger partial charge in [-0.15, -0.1) is 0 Å². The Morgan fingerprint density at radius 3 is 2.00 bits per heavy atom. The van der Waals surface area contributed by atoms with Gasteiger partial charge in [0.1, 0.15) is 5.69 Å². The predicted molar refractivity (Wildman–Crippen MR) is 126 cm³/mol. The topological polar surface area (TPSA) is 98.8 Å². The van der Waals surface area contributed by atoms with Crippen molar-refractivity contribution in [2.24, 2.45) is 0 Å². The highest BCUT2D eigenvalue weighted by Crippen LogP contribution is 2.36. The lowest BCUT2D eigenvalue weighted by atomic mass is 10.2. The molecular formula is C22H23FN4O4S2. The minimum atomic E-state index is -4.56. The first-order valence-corrected chi connectivity index (χ1v) is 13.2. The lowest BCUT2D eigenvalue weighted by Gasteiger charge is -2.30. The molecule has 0 bridgehead atoms. The van der Waals surface area contributed by atoms with E-state index in [0.717, 1.165) is 13.1 Å². The van der Waals surface area contributed by atoms with Crippen LogP contribution in [0.3, 0.4) is 0 Å². The molecule has 0 aliphatic carbocycles. The third kappa shape index (κ3) is 4.95. The van der Waals surface area contributed by atoms with Gasteiger partial charge in [0.05, 0.1) is 15.5 Å². The average molecular weight is 491 g/mol. The number of benzene rings is 3. The third-order valence-corrected chi connectivity index (χ3v) is 8.07. The molecule has 174 valence electrons. The van der Waals surface area contributed by atoms with Gasteiger partial charge in [0, 0.05) is 31.9 Å². The number of sulfonamides is 2. The Morgan fingerprint density at radius 2 is 1.39 bits per heavy atom. The fourth-order valence-electron chi connectivity index (χ4n) is 3.50. The summed E-state index contributed by atoms with van der Waals surface area (Å²) in [6, 6.07) is 19.0. The molecule has 1 aliphatic rings. The van der Waals surface area contributed by atoms with Gasteiger partial charge in [0.2, 0.25) is 0 Å². The van der Waals surface area contributed by atoms with Crippen molar-refractivity contribution < 1.29 is 21.3 Å². The Labute approximate surface area is 192 Å². The van der Waals surface area contributed by atoms with E-state index in [1.807, 2.05) is 4.90 Å². The molecule has 8 nitrogen and oxygen atoms in total. The zero-order valence-corrected chi connectivity index (χ0v) is 19.2. The van der Waals surface area contributed by atoms with Crippen LogP contribution in [-0.4, -0.2) is 43.0 Å². The first-order chi connectivity index (χ1) is 15.8. The molecule has 3 aromatic carbocycles. The summed E-state index contributed by atoms with van der Waals surface area (Å²) in [5.41, 5.74) is 0.0330. The van der Waals surface area contributed by atoms with Crippen LogP contribution in [0, 0.1) is 0 Å². The summed E-state index contributed by atoms with van der Waals surface area (Å²) >= 11 is 0. The van der Waals surface area contributed by atoms with Crippen LogP contribution in [0.5, 0.6) is 0 Å². The lowest BCUT2D eigenvalue weighted by molar-refractivity contribution is 0.495. The zero-order valence-electron chi connectivity index (χ0n) is 17.6. The van der Waals surface area contributed by atoms with Crippen LogP contribution in [-0.2, 0) is 20.0 Å². The maximum Gasteiger partial charge on any atom is 0.290 e. The molecule has 0 amide bonds. The van der Waals surface area contributed by atoms with Crippen LogP contribution in [0.15, 0.2) is 88.7 Å². The number of hydrogen-bond acceptors (Lipinski definition) is 6. The van der Waals surface area contributed by atoms with Gasteiger partial charge in [-0.2, -0.15) is 8.42 Å². The highest BCUT2D eigenvalue weighted by molar-refractivity contribution is 7.93. The van der Waals surface area contributed by atoms with Gasteiger partial charge in [0.15, 0.2) is 0 Å².